The third-order valence-corrected chi connectivity index (χ3v) is 4.72. The average Bonchev–Trinajstić information content (AvgIpc) is 2.69. The maximum Gasteiger partial charge on any atom is 0.317 e. The van der Waals surface area contributed by atoms with Crippen LogP contribution in [0.4, 0.5) is 16.2 Å². The highest BCUT2D eigenvalue weighted by Gasteiger charge is 2.24. The van der Waals surface area contributed by atoms with Gasteiger partial charge in [-0.1, -0.05) is 12.1 Å². The zero-order chi connectivity index (χ0) is 17.5. The monoisotopic (exact) mass is 348 g/mol. The molecule has 2 fully saturated rings. The highest BCUT2D eigenvalue weighted by atomic mass is 16.5. The molecule has 0 unspecified atom stereocenters. The van der Waals surface area contributed by atoms with E-state index in [9.17, 15) is 4.79 Å². The van der Waals surface area contributed by atoms with E-state index >= 15 is 0 Å². The highest BCUT2D eigenvalue weighted by Crippen LogP contribution is 2.30. The number of para-hydroxylation sites is 2. The molecule has 0 aliphatic carbocycles. The first kappa shape index (κ1) is 17.8. The van der Waals surface area contributed by atoms with E-state index < -0.39 is 0 Å². The molecule has 0 radical (unpaired) electrons. The molecule has 0 spiro atoms. The minimum Gasteiger partial charge on any atom is -0.383 e. The Morgan fingerprint density at radius 3 is 2.24 bits per heavy atom. The van der Waals surface area contributed by atoms with Crippen LogP contribution in [0.5, 0.6) is 0 Å². The van der Waals surface area contributed by atoms with Gasteiger partial charge in [-0.3, -0.25) is 0 Å². The molecule has 2 heterocycles. The van der Waals surface area contributed by atoms with Crippen LogP contribution in [-0.2, 0) is 9.47 Å². The van der Waals surface area contributed by atoms with Gasteiger partial charge in [-0.25, -0.2) is 4.79 Å². The van der Waals surface area contributed by atoms with E-state index in [1.54, 1.807) is 7.11 Å². The Balaban J connectivity index is 1.58. The second kappa shape index (κ2) is 8.92. The molecule has 0 atom stereocenters. The Morgan fingerprint density at radius 2 is 1.64 bits per heavy atom. The van der Waals surface area contributed by atoms with Crippen LogP contribution in [0.15, 0.2) is 24.3 Å². The molecule has 0 aromatic heterocycles. The number of ether oxygens (including phenoxy) is 2. The number of hydrogen-bond acceptors (Lipinski definition) is 5. The summed E-state index contributed by atoms with van der Waals surface area (Å²) in [6.45, 7) is 7.67. The van der Waals surface area contributed by atoms with E-state index in [0.29, 0.717) is 13.2 Å². The summed E-state index contributed by atoms with van der Waals surface area (Å²) in [5, 5.41) is 2.89. The Morgan fingerprint density at radius 1 is 1.04 bits per heavy atom. The number of carbonyl (C=O) groups excluding carboxylic acids is 1. The number of nitrogens with zero attached hydrogens (tertiary/aromatic N) is 3. The maximum atomic E-state index is 12.1. The van der Waals surface area contributed by atoms with E-state index in [-0.39, 0.29) is 6.03 Å². The van der Waals surface area contributed by atoms with Gasteiger partial charge in [0, 0.05) is 52.9 Å². The number of hydrogen-bond donors (Lipinski definition) is 1. The fraction of sp³-hybridized carbons (Fsp3) is 0.611. The normalized spacial score (nSPS) is 18.4. The summed E-state index contributed by atoms with van der Waals surface area (Å²) >= 11 is 0. The molecule has 7 nitrogen and oxygen atoms in total. The minimum absolute atomic E-state index is 0.00170. The Kier molecular flexibility index (Phi) is 6.36. The predicted molar refractivity (Wildman–Crippen MR) is 98.5 cm³/mol. The largest absolute Gasteiger partial charge is 0.383 e. The fourth-order valence-electron chi connectivity index (χ4n) is 3.33. The van der Waals surface area contributed by atoms with Gasteiger partial charge in [0.25, 0.3) is 0 Å². The second-order valence-electron chi connectivity index (χ2n) is 6.29. The van der Waals surface area contributed by atoms with E-state index in [1.165, 1.54) is 11.4 Å². The summed E-state index contributed by atoms with van der Waals surface area (Å²) in [6.07, 6.45) is 0. The lowest BCUT2D eigenvalue weighted by Gasteiger charge is -2.39. The molecule has 2 saturated heterocycles. The molecule has 3 rings (SSSR count). The van der Waals surface area contributed by atoms with Crippen LogP contribution in [0.2, 0.25) is 0 Å². The van der Waals surface area contributed by atoms with Gasteiger partial charge in [0.15, 0.2) is 0 Å². The molecule has 138 valence electrons. The summed E-state index contributed by atoms with van der Waals surface area (Å²) in [6, 6.07) is 8.54. The van der Waals surface area contributed by atoms with Crippen molar-refractivity contribution in [3.8, 4) is 0 Å². The zero-order valence-electron chi connectivity index (χ0n) is 14.9. The highest BCUT2D eigenvalue weighted by molar-refractivity contribution is 5.75. The van der Waals surface area contributed by atoms with Crippen molar-refractivity contribution >= 4 is 17.4 Å². The van der Waals surface area contributed by atoms with Crippen LogP contribution in [0.1, 0.15) is 0 Å². The number of urea groups is 1. The van der Waals surface area contributed by atoms with Crippen LogP contribution >= 0.6 is 0 Å². The quantitative estimate of drug-likeness (QED) is 0.805. The summed E-state index contributed by atoms with van der Waals surface area (Å²) in [5.74, 6) is 0. The molecule has 2 amide bonds. The van der Waals surface area contributed by atoms with Gasteiger partial charge in [-0.05, 0) is 12.1 Å². The lowest BCUT2D eigenvalue weighted by molar-refractivity contribution is 0.122. The van der Waals surface area contributed by atoms with Crippen LogP contribution < -0.4 is 15.1 Å². The predicted octanol–water partition coefficient (Wildman–Crippen LogP) is 1.00. The Labute approximate surface area is 149 Å². The smallest absolute Gasteiger partial charge is 0.317 e. The average molecular weight is 348 g/mol. The molecule has 2 aliphatic heterocycles. The van der Waals surface area contributed by atoms with Crippen LogP contribution in [0.25, 0.3) is 0 Å². The second-order valence-corrected chi connectivity index (χ2v) is 6.29. The van der Waals surface area contributed by atoms with Crippen molar-refractivity contribution in [2.75, 3.05) is 82.5 Å². The van der Waals surface area contributed by atoms with Crippen molar-refractivity contribution in [1.82, 2.24) is 10.2 Å². The van der Waals surface area contributed by atoms with E-state index in [2.05, 4.69) is 39.4 Å². The summed E-state index contributed by atoms with van der Waals surface area (Å²) in [5.41, 5.74) is 2.52. The minimum atomic E-state index is -0.00170. The first-order chi connectivity index (χ1) is 12.3. The van der Waals surface area contributed by atoms with Crippen molar-refractivity contribution in [1.29, 1.82) is 0 Å². The van der Waals surface area contributed by atoms with E-state index in [4.69, 9.17) is 9.47 Å². The number of piperazine rings is 1. The molecule has 0 saturated carbocycles. The Hall–Kier alpha value is -1.99. The number of rotatable bonds is 5. The molecule has 2 aliphatic rings. The van der Waals surface area contributed by atoms with Gasteiger partial charge >= 0.3 is 6.03 Å². The number of nitrogens with one attached hydrogen (secondary N) is 1. The van der Waals surface area contributed by atoms with Crippen LogP contribution in [0.3, 0.4) is 0 Å². The number of carbonyl (C=O) groups is 1. The molecule has 0 bridgehead atoms. The zero-order valence-corrected chi connectivity index (χ0v) is 14.9. The Bertz CT molecular complexity index is 555. The SMILES string of the molecule is COCCNC(=O)N1CCN(c2ccccc2N2CCOCC2)CC1. The van der Waals surface area contributed by atoms with E-state index in [0.717, 1.165) is 52.5 Å². The van der Waals surface area contributed by atoms with Gasteiger partial charge in [0.2, 0.25) is 0 Å². The summed E-state index contributed by atoms with van der Waals surface area (Å²) in [4.78, 5) is 18.8. The number of morpholine rings is 1. The number of anilines is 2. The van der Waals surface area contributed by atoms with Crippen molar-refractivity contribution < 1.29 is 14.3 Å². The van der Waals surface area contributed by atoms with Gasteiger partial charge in [-0.2, -0.15) is 0 Å². The number of amides is 2. The molecule has 25 heavy (non-hydrogen) atoms. The van der Waals surface area contributed by atoms with Gasteiger partial charge in [-0.15, -0.1) is 0 Å². The molecule has 1 N–H and O–H groups in total. The lowest BCUT2D eigenvalue weighted by Crippen LogP contribution is -2.52. The van der Waals surface area contributed by atoms with Crippen LogP contribution in [-0.4, -0.2) is 83.7 Å². The third-order valence-electron chi connectivity index (χ3n) is 4.72. The molecular formula is C18H28N4O3. The van der Waals surface area contributed by atoms with Crippen molar-refractivity contribution in [2.24, 2.45) is 0 Å². The van der Waals surface area contributed by atoms with Crippen molar-refractivity contribution in [3.05, 3.63) is 24.3 Å². The third kappa shape index (κ3) is 4.55. The lowest BCUT2D eigenvalue weighted by atomic mass is 10.2. The van der Waals surface area contributed by atoms with Crippen molar-refractivity contribution in [2.45, 2.75) is 0 Å². The topological polar surface area (TPSA) is 57.3 Å². The van der Waals surface area contributed by atoms with Gasteiger partial charge < -0.3 is 29.5 Å². The fourth-order valence-corrected chi connectivity index (χ4v) is 3.33. The first-order valence-electron chi connectivity index (χ1n) is 8.98. The van der Waals surface area contributed by atoms with Gasteiger partial charge in [0.05, 0.1) is 31.2 Å². The van der Waals surface area contributed by atoms with Crippen LogP contribution in [0, 0.1) is 0 Å². The van der Waals surface area contributed by atoms with Crippen molar-refractivity contribution in [3.63, 3.8) is 0 Å². The number of methoxy groups -OCH3 is 1. The summed E-state index contributed by atoms with van der Waals surface area (Å²) < 4.78 is 10.4. The number of benzene rings is 1. The molecule has 1 aromatic carbocycles. The summed E-state index contributed by atoms with van der Waals surface area (Å²) in [7, 11) is 1.64. The van der Waals surface area contributed by atoms with Gasteiger partial charge in [0.1, 0.15) is 0 Å². The molecule has 7 heteroatoms. The molecular weight excluding hydrogens is 320 g/mol. The molecule has 1 aromatic rings. The first-order valence-corrected chi connectivity index (χ1v) is 8.98. The maximum absolute atomic E-state index is 12.1. The standard InChI is InChI=1S/C18H28N4O3/c1-24-13-6-19-18(23)22-9-7-20(8-10-22)16-4-2-3-5-17(16)21-11-14-25-15-12-21/h2-5H,6-15H2,1H3,(H,19,23). The van der Waals surface area contributed by atoms with E-state index in [1.807, 2.05) is 4.90 Å².